The van der Waals surface area contributed by atoms with E-state index in [-0.39, 0.29) is 18.0 Å². The van der Waals surface area contributed by atoms with Crippen LogP contribution in [0.3, 0.4) is 0 Å². The van der Waals surface area contributed by atoms with E-state index in [0.717, 1.165) is 11.1 Å². The number of esters is 1. The molecule has 17 heavy (non-hydrogen) atoms. The highest BCUT2D eigenvalue weighted by Gasteiger charge is 2.08. The second kappa shape index (κ2) is 6.03. The quantitative estimate of drug-likeness (QED) is 0.796. The second-order valence-corrected chi connectivity index (χ2v) is 3.75. The normalized spacial score (nSPS) is 10.0. The van der Waals surface area contributed by atoms with Crippen molar-refractivity contribution in [3.8, 4) is 0 Å². The van der Waals surface area contributed by atoms with E-state index in [4.69, 9.17) is 9.84 Å². The molecule has 1 aromatic carbocycles. The SMILES string of the molecule is CCOC(=O)CCc1cc(C(=O)O)ccc1C. The van der Waals surface area contributed by atoms with Gasteiger partial charge in [0.2, 0.25) is 0 Å². The van der Waals surface area contributed by atoms with E-state index >= 15 is 0 Å². The van der Waals surface area contributed by atoms with E-state index in [1.807, 2.05) is 6.92 Å². The van der Waals surface area contributed by atoms with Gasteiger partial charge in [0, 0.05) is 6.42 Å². The number of aryl methyl sites for hydroxylation is 2. The first-order valence-electron chi connectivity index (χ1n) is 5.53. The van der Waals surface area contributed by atoms with Gasteiger partial charge in [-0.25, -0.2) is 4.79 Å². The van der Waals surface area contributed by atoms with Crippen molar-refractivity contribution in [3.63, 3.8) is 0 Å². The zero-order valence-electron chi connectivity index (χ0n) is 10.0. The fraction of sp³-hybridized carbons (Fsp3) is 0.385. The molecule has 0 aliphatic carbocycles. The summed E-state index contributed by atoms with van der Waals surface area (Å²) in [6.45, 7) is 4.02. The van der Waals surface area contributed by atoms with Crippen molar-refractivity contribution in [1.82, 2.24) is 0 Å². The Kier molecular flexibility index (Phi) is 4.69. The Balaban J connectivity index is 2.73. The summed E-state index contributed by atoms with van der Waals surface area (Å²) in [5.74, 6) is -1.21. The fourth-order valence-corrected chi connectivity index (χ4v) is 1.54. The van der Waals surface area contributed by atoms with Crippen LogP contribution in [-0.4, -0.2) is 23.7 Å². The molecule has 1 rings (SSSR count). The van der Waals surface area contributed by atoms with Crippen LogP contribution in [0.25, 0.3) is 0 Å². The van der Waals surface area contributed by atoms with Crippen molar-refractivity contribution in [1.29, 1.82) is 0 Å². The molecule has 4 heteroatoms. The van der Waals surface area contributed by atoms with Crippen molar-refractivity contribution < 1.29 is 19.4 Å². The highest BCUT2D eigenvalue weighted by Crippen LogP contribution is 2.13. The molecule has 0 spiro atoms. The molecule has 1 N–H and O–H groups in total. The fourth-order valence-electron chi connectivity index (χ4n) is 1.54. The molecule has 0 bridgehead atoms. The third kappa shape index (κ3) is 3.90. The Morgan fingerprint density at radius 3 is 2.65 bits per heavy atom. The number of carboxylic acid groups (broad SMARTS) is 1. The highest BCUT2D eigenvalue weighted by atomic mass is 16.5. The van der Waals surface area contributed by atoms with E-state index in [1.165, 1.54) is 0 Å². The van der Waals surface area contributed by atoms with Gasteiger partial charge in [-0.2, -0.15) is 0 Å². The first-order valence-corrected chi connectivity index (χ1v) is 5.53. The molecule has 0 aromatic heterocycles. The number of rotatable bonds is 5. The number of carbonyl (C=O) groups excluding carboxylic acids is 1. The van der Waals surface area contributed by atoms with Crippen LogP contribution in [0.1, 0.15) is 34.8 Å². The van der Waals surface area contributed by atoms with Gasteiger partial charge < -0.3 is 9.84 Å². The second-order valence-electron chi connectivity index (χ2n) is 3.75. The molecule has 0 aliphatic rings. The van der Waals surface area contributed by atoms with E-state index < -0.39 is 5.97 Å². The number of ether oxygens (including phenoxy) is 1. The van der Waals surface area contributed by atoms with Gasteiger partial charge in [-0.15, -0.1) is 0 Å². The highest BCUT2D eigenvalue weighted by molar-refractivity contribution is 5.87. The summed E-state index contributed by atoms with van der Waals surface area (Å²) in [6, 6.07) is 4.92. The van der Waals surface area contributed by atoms with Gasteiger partial charge in [-0.3, -0.25) is 4.79 Å². The number of hydrogen-bond acceptors (Lipinski definition) is 3. The van der Waals surface area contributed by atoms with Crippen LogP contribution in [0.2, 0.25) is 0 Å². The van der Waals surface area contributed by atoms with Gasteiger partial charge in [-0.05, 0) is 43.5 Å². The molecule has 0 radical (unpaired) electrons. The summed E-state index contributed by atoms with van der Waals surface area (Å²) in [4.78, 5) is 22.0. The lowest BCUT2D eigenvalue weighted by atomic mass is 10.0. The van der Waals surface area contributed by atoms with Gasteiger partial charge in [0.05, 0.1) is 12.2 Å². The Morgan fingerprint density at radius 1 is 1.35 bits per heavy atom. The van der Waals surface area contributed by atoms with Crippen molar-refractivity contribution in [2.24, 2.45) is 0 Å². The lowest BCUT2D eigenvalue weighted by Crippen LogP contribution is -2.06. The van der Waals surface area contributed by atoms with E-state index in [2.05, 4.69) is 0 Å². The summed E-state index contributed by atoms with van der Waals surface area (Å²) in [6.07, 6.45) is 0.781. The molecule has 1 aromatic rings. The first-order chi connectivity index (χ1) is 8.04. The minimum absolute atomic E-state index is 0.245. The van der Waals surface area contributed by atoms with Crippen LogP contribution in [0, 0.1) is 6.92 Å². The largest absolute Gasteiger partial charge is 0.478 e. The molecule has 0 saturated carbocycles. The molecule has 92 valence electrons. The molecule has 4 nitrogen and oxygen atoms in total. The van der Waals surface area contributed by atoms with Gasteiger partial charge >= 0.3 is 11.9 Å². The van der Waals surface area contributed by atoms with Gasteiger partial charge in [-0.1, -0.05) is 6.07 Å². The average molecular weight is 236 g/mol. The van der Waals surface area contributed by atoms with E-state index in [1.54, 1.807) is 25.1 Å². The Morgan fingerprint density at radius 2 is 2.06 bits per heavy atom. The number of carbonyl (C=O) groups is 2. The smallest absolute Gasteiger partial charge is 0.335 e. The standard InChI is InChI=1S/C13H16O4/c1-3-17-12(14)7-6-10-8-11(13(15)16)5-4-9(10)2/h4-5,8H,3,6-7H2,1-2H3,(H,15,16). The van der Waals surface area contributed by atoms with Crippen LogP contribution in [0.15, 0.2) is 18.2 Å². The molecule has 0 amide bonds. The summed E-state index contributed by atoms with van der Waals surface area (Å²) < 4.78 is 4.83. The predicted molar refractivity (Wildman–Crippen MR) is 63.1 cm³/mol. The third-order valence-corrected chi connectivity index (χ3v) is 2.50. The lowest BCUT2D eigenvalue weighted by Gasteiger charge is -2.06. The monoisotopic (exact) mass is 236 g/mol. The number of hydrogen-bond donors (Lipinski definition) is 1. The Hall–Kier alpha value is -1.84. The molecule has 0 heterocycles. The van der Waals surface area contributed by atoms with E-state index in [9.17, 15) is 9.59 Å². The predicted octanol–water partition coefficient (Wildman–Crippen LogP) is 2.19. The minimum atomic E-state index is -0.956. The Bertz CT molecular complexity index is 423. The first kappa shape index (κ1) is 13.2. The van der Waals surface area contributed by atoms with Crippen LogP contribution < -0.4 is 0 Å². The molecule has 0 saturated heterocycles. The summed E-state index contributed by atoms with van der Waals surface area (Å²) in [5, 5.41) is 8.87. The zero-order chi connectivity index (χ0) is 12.8. The van der Waals surface area contributed by atoms with Crippen molar-refractivity contribution in [3.05, 3.63) is 34.9 Å². The van der Waals surface area contributed by atoms with Crippen LogP contribution >= 0.6 is 0 Å². The maximum absolute atomic E-state index is 11.2. The molecule has 0 atom stereocenters. The minimum Gasteiger partial charge on any atom is -0.478 e. The number of benzene rings is 1. The average Bonchev–Trinajstić information content (AvgIpc) is 2.28. The van der Waals surface area contributed by atoms with Crippen molar-refractivity contribution in [2.75, 3.05) is 6.61 Å². The van der Waals surface area contributed by atoms with E-state index in [0.29, 0.717) is 13.0 Å². The topological polar surface area (TPSA) is 63.6 Å². The molecular weight excluding hydrogens is 220 g/mol. The molecular formula is C13H16O4. The van der Waals surface area contributed by atoms with Gasteiger partial charge in [0.15, 0.2) is 0 Å². The van der Waals surface area contributed by atoms with Crippen molar-refractivity contribution in [2.45, 2.75) is 26.7 Å². The van der Waals surface area contributed by atoms with Crippen LogP contribution in [0.5, 0.6) is 0 Å². The summed E-state index contributed by atoms with van der Waals surface area (Å²) in [5.41, 5.74) is 2.10. The van der Waals surface area contributed by atoms with Crippen LogP contribution in [-0.2, 0) is 16.0 Å². The molecule has 0 fully saturated rings. The third-order valence-electron chi connectivity index (χ3n) is 2.50. The van der Waals surface area contributed by atoms with Gasteiger partial charge in [0.25, 0.3) is 0 Å². The number of carboxylic acids is 1. The zero-order valence-corrected chi connectivity index (χ0v) is 10.0. The summed E-state index contributed by atoms with van der Waals surface area (Å²) in [7, 11) is 0. The number of aromatic carboxylic acids is 1. The van der Waals surface area contributed by atoms with Crippen molar-refractivity contribution >= 4 is 11.9 Å². The molecule has 0 aliphatic heterocycles. The lowest BCUT2D eigenvalue weighted by molar-refractivity contribution is -0.143. The van der Waals surface area contributed by atoms with Crippen LogP contribution in [0.4, 0.5) is 0 Å². The maximum Gasteiger partial charge on any atom is 0.335 e. The molecule has 0 unspecified atom stereocenters. The maximum atomic E-state index is 11.2. The Labute approximate surface area is 100 Å². The summed E-state index contributed by atoms with van der Waals surface area (Å²) >= 11 is 0. The van der Waals surface area contributed by atoms with Gasteiger partial charge in [0.1, 0.15) is 0 Å².